The molecule has 0 spiro atoms. The van der Waals surface area contributed by atoms with Gasteiger partial charge in [0.15, 0.2) is 0 Å². The molecule has 0 radical (unpaired) electrons. The molecule has 0 saturated carbocycles. The summed E-state index contributed by atoms with van der Waals surface area (Å²) >= 11 is 0. The fraction of sp³-hybridized carbons (Fsp3) is 0.455. The summed E-state index contributed by atoms with van der Waals surface area (Å²) in [6.07, 6.45) is 0. The van der Waals surface area contributed by atoms with Crippen LogP contribution < -0.4 is 10.5 Å². The van der Waals surface area contributed by atoms with Gasteiger partial charge in [-0.25, -0.2) is 13.1 Å². The summed E-state index contributed by atoms with van der Waals surface area (Å²) in [4.78, 5) is 1.92. The second-order valence-corrected chi connectivity index (χ2v) is 6.01. The van der Waals surface area contributed by atoms with Gasteiger partial charge in [0.25, 0.3) is 0 Å². The first-order valence-electron chi connectivity index (χ1n) is 5.35. The summed E-state index contributed by atoms with van der Waals surface area (Å²) in [6.45, 7) is 1.09. The number of nitrogen functional groups attached to an aromatic ring is 1. The molecule has 1 aromatic rings. The second-order valence-electron chi connectivity index (χ2n) is 4.20. The first-order valence-corrected chi connectivity index (χ1v) is 7.01. The Labute approximate surface area is 103 Å². The first kappa shape index (κ1) is 14.0. The molecule has 0 aliphatic rings. The molecule has 3 N–H and O–H groups in total. The molecule has 0 aromatic heterocycles. The van der Waals surface area contributed by atoms with Crippen LogP contribution in [0.3, 0.4) is 0 Å². The molecule has 17 heavy (non-hydrogen) atoms. The summed E-state index contributed by atoms with van der Waals surface area (Å²) < 4.78 is 26.0. The largest absolute Gasteiger partial charge is 0.399 e. The predicted octanol–water partition coefficient (Wildman–Crippen LogP) is 0.250. The Morgan fingerprint density at radius 2 is 2.06 bits per heavy atom. The molecule has 0 amide bonds. The Morgan fingerprint density at radius 1 is 1.35 bits per heavy atom. The summed E-state index contributed by atoms with van der Waals surface area (Å²) in [5, 5.41) is 0. The van der Waals surface area contributed by atoms with E-state index >= 15 is 0 Å². The highest BCUT2D eigenvalue weighted by Gasteiger charge is 2.10. The number of likely N-dealkylation sites (N-methyl/N-ethyl adjacent to an activating group) is 1. The third-order valence-electron chi connectivity index (χ3n) is 2.19. The molecule has 6 heteroatoms. The van der Waals surface area contributed by atoms with Gasteiger partial charge in [-0.05, 0) is 31.8 Å². The smallest absolute Gasteiger partial charge is 0.215 e. The number of nitrogens with two attached hydrogens (primary N) is 1. The van der Waals surface area contributed by atoms with Crippen molar-refractivity contribution < 1.29 is 8.42 Å². The molecule has 0 heterocycles. The van der Waals surface area contributed by atoms with Crippen molar-refractivity contribution in [2.75, 3.05) is 32.9 Å². The topological polar surface area (TPSA) is 75.4 Å². The maximum atomic E-state index is 11.7. The van der Waals surface area contributed by atoms with E-state index in [1.54, 1.807) is 24.3 Å². The lowest BCUT2D eigenvalue weighted by Crippen LogP contribution is -2.32. The van der Waals surface area contributed by atoms with Crippen LogP contribution in [-0.4, -0.2) is 40.5 Å². The molecule has 5 nitrogen and oxygen atoms in total. The number of sulfonamides is 1. The van der Waals surface area contributed by atoms with Gasteiger partial charge in [0.05, 0.1) is 5.75 Å². The van der Waals surface area contributed by atoms with Crippen LogP contribution in [0.25, 0.3) is 0 Å². The Kier molecular flexibility index (Phi) is 4.92. The maximum absolute atomic E-state index is 11.7. The van der Waals surface area contributed by atoms with E-state index in [-0.39, 0.29) is 5.75 Å². The number of nitrogens with one attached hydrogen (secondary N) is 1. The third kappa shape index (κ3) is 5.67. The van der Waals surface area contributed by atoms with Gasteiger partial charge >= 0.3 is 0 Å². The van der Waals surface area contributed by atoms with E-state index in [1.807, 2.05) is 19.0 Å². The van der Waals surface area contributed by atoms with Crippen molar-refractivity contribution in [1.29, 1.82) is 0 Å². The summed E-state index contributed by atoms with van der Waals surface area (Å²) in [5.41, 5.74) is 6.87. The monoisotopic (exact) mass is 257 g/mol. The Hall–Kier alpha value is -1.11. The van der Waals surface area contributed by atoms with Gasteiger partial charge in [-0.15, -0.1) is 0 Å². The van der Waals surface area contributed by atoms with E-state index in [0.717, 1.165) is 0 Å². The SMILES string of the molecule is CN(C)CCNS(=O)(=O)Cc1cccc(N)c1. The van der Waals surface area contributed by atoms with Crippen molar-refractivity contribution in [2.45, 2.75) is 5.75 Å². The van der Waals surface area contributed by atoms with Gasteiger partial charge in [-0.3, -0.25) is 0 Å². The molecule has 96 valence electrons. The molecule has 0 aliphatic heterocycles. The molecule has 0 bridgehead atoms. The van der Waals surface area contributed by atoms with Crippen molar-refractivity contribution in [2.24, 2.45) is 0 Å². The van der Waals surface area contributed by atoms with E-state index < -0.39 is 10.0 Å². The van der Waals surface area contributed by atoms with Crippen molar-refractivity contribution in [3.8, 4) is 0 Å². The zero-order chi connectivity index (χ0) is 12.9. The molecule has 0 fully saturated rings. The van der Waals surface area contributed by atoms with Crippen LogP contribution in [0.15, 0.2) is 24.3 Å². The number of rotatable bonds is 6. The Bertz CT molecular complexity index is 458. The van der Waals surface area contributed by atoms with Gasteiger partial charge in [-0.1, -0.05) is 12.1 Å². The molecule has 0 saturated heterocycles. The second kappa shape index (κ2) is 6.00. The third-order valence-corrected chi connectivity index (χ3v) is 3.55. The Balaban J connectivity index is 2.55. The summed E-state index contributed by atoms with van der Waals surface area (Å²) in [7, 11) is 0.511. The predicted molar refractivity (Wildman–Crippen MR) is 70.0 cm³/mol. The van der Waals surface area contributed by atoms with E-state index in [0.29, 0.717) is 24.3 Å². The zero-order valence-corrected chi connectivity index (χ0v) is 11.0. The number of hydrogen-bond acceptors (Lipinski definition) is 4. The van der Waals surface area contributed by atoms with Gasteiger partial charge in [0.2, 0.25) is 10.0 Å². The highest BCUT2D eigenvalue weighted by molar-refractivity contribution is 7.88. The highest BCUT2D eigenvalue weighted by Crippen LogP contribution is 2.09. The van der Waals surface area contributed by atoms with Crippen LogP contribution in [0.4, 0.5) is 5.69 Å². The minimum atomic E-state index is -3.28. The summed E-state index contributed by atoms with van der Waals surface area (Å²) in [6, 6.07) is 6.91. The number of benzene rings is 1. The summed E-state index contributed by atoms with van der Waals surface area (Å²) in [5.74, 6) is -0.0362. The number of nitrogens with zero attached hydrogens (tertiary/aromatic N) is 1. The quantitative estimate of drug-likeness (QED) is 0.716. The van der Waals surface area contributed by atoms with Crippen LogP contribution in [0.1, 0.15) is 5.56 Å². The minimum Gasteiger partial charge on any atom is -0.399 e. The van der Waals surface area contributed by atoms with Crippen LogP contribution in [-0.2, 0) is 15.8 Å². The molecule has 0 unspecified atom stereocenters. The fourth-order valence-corrected chi connectivity index (χ4v) is 2.50. The van der Waals surface area contributed by atoms with Crippen LogP contribution in [0, 0.1) is 0 Å². The average Bonchev–Trinajstić information content (AvgIpc) is 2.15. The van der Waals surface area contributed by atoms with Crippen LogP contribution in [0.2, 0.25) is 0 Å². The first-order chi connectivity index (χ1) is 7.89. The zero-order valence-electron chi connectivity index (χ0n) is 10.2. The van der Waals surface area contributed by atoms with E-state index in [9.17, 15) is 8.42 Å². The molecule has 1 rings (SSSR count). The molecule has 1 aromatic carbocycles. The molecular formula is C11H19N3O2S. The van der Waals surface area contributed by atoms with Crippen molar-refractivity contribution in [1.82, 2.24) is 9.62 Å². The lowest BCUT2D eigenvalue weighted by molar-refractivity contribution is 0.412. The molecule has 0 atom stereocenters. The van der Waals surface area contributed by atoms with Crippen molar-refractivity contribution >= 4 is 15.7 Å². The normalized spacial score (nSPS) is 11.9. The lowest BCUT2D eigenvalue weighted by atomic mass is 10.2. The Morgan fingerprint density at radius 3 is 2.65 bits per heavy atom. The standard InChI is InChI=1S/C11H19N3O2S/c1-14(2)7-6-13-17(15,16)9-10-4-3-5-11(12)8-10/h3-5,8,13H,6-7,9,12H2,1-2H3. The van der Waals surface area contributed by atoms with E-state index in [4.69, 9.17) is 5.73 Å². The van der Waals surface area contributed by atoms with Gasteiger partial charge in [-0.2, -0.15) is 0 Å². The van der Waals surface area contributed by atoms with Gasteiger partial charge in [0.1, 0.15) is 0 Å². The molecule has 0 aliphatic carbocycles. The number of hydrogen-bond donors (Lipinski definition) is 2. The van der Waals surface area contributed by atoms with Crippen molar-refractivity contribution in [3.63, 3.8) is 0 Å². The average molecular weight is 257 g/mol. The van der Waals surface area contributed by atoms with Gasteiger partial charge in [0, 0.05) is 18.8 Å². The lowest BCUT2D eigenvalue weighted by Gasteiger charge is -2.11. The van der Waals surface area contributed by atoms with E-state index in [2.05, 4.69) is 4.72 Å². The van der Waals surface area contributed by atoms with Crippen LogP contribution in [0.5, 0.6) is 0 Å². The minimum absolute atomic E-state index is 0.0362. The maximum Gasteiger partial charge on any atom is 0.215 e. The highest BCUT2D eigenvalue weighted by atomic mass is 32.2. The fourth-order valence-electron chi connectivity index (χ4n) is 1.38. The van der Waals surface area contributed by atoms with Crippen molar-refractivity contribution in [3.05, 3.63) is 29.8 Å². The van der Waals surface area contributed by atoms with Crippen LogP contribution >= 0.6 is 0 Å². The van der Waals surface area contributed by atoms with E-state index in [1.165, 1.54) is 0 Å². The number of anilines is 1. The molecular weight excluding hydrogens is 238 g/mol. The van der Waals surface area contributed by atoms with Gasteiger partial charge < -0.3 is 10.6 Å².